The molecule has 2 atom stereocenters. The highest BCUT2D eigenvalue weighted by Gasteiger charge is 2.50. The van der Waals surface area contributed by atoms with E-state index in [0.717, 1.165) is 0 Å². The Hall–Kier alpha value is -1.88. The third-order valence-corrected chi connectivity index (χ3v) is 4.09. The Morgan fingerprint density at radius 1 is 1.17 bits per heavy atom. The highest BCUT2D eigenvalue weighted by atomic mass is 16.5. The second kappa shape index (κ2) is 6.71. The fourth-order valence-electron chi connectivity index (χ4n) is 2.74. The van der Waals surface area contributed by atoms with Crippen molar-refractivity contribution in [3.05, 3.63) is 43.0 Å². The van der Waals surface area contributed by atoms with E-state index in [1.165, 1.54) is 6.33 Å². The lowest BCUT2D eigenvalue weighted by Crippen LogP contribution is -2.53. The summed E-state index contributed by atoms with van der Waals surface area (Å²) in [7, 11) is 0. The maximum atomic E-state index is 11.6. The summed E-state index contributed by atoms with van der Waals surface area (Å²) in [6.45, 7) is 10.3. The number of aromatic nitrogens is 3. The molecule has 0 saturated heterocycles. The summed E-state index contributed by atoms with van der Waals surface area (Å²) in [6.07, 6.45) is 2.98. The Morgan fingerprint density at radius 2 is 1.83 bits per heavy atom. The molecule has 0 aliphatic carbocycles. The van der Waals surface area contributed by atoms with Gasteiger partial charge in [0.2, 0.25) is 6.23 Å². The van der Waals surface area contributed by atoms with Crippen molar-refractivity contribution in [3.63, 3.8) is 0 Å². The predicted octanol–water partition coefficient (Wildman–Crippen LogP) is 3.68. The minimum absolute atomic E-state index is 0.310. The molecule has 126 valence electrons. The van der Waals surface area contributed by atoms with Crippen LogP contribution in [0.1, 0.15) is 47.3 Å². The van der Waals surface area contributed by atoms with Crippen molar-refractivity contribution >= 4 is 0 Å². The van der Waals surface area contributed by atoms with E-state index in [9.17, 15) is 5.11 Å². The average molecular weight is 317 g/mol. The van der Waals surface area contributed by atoms with E-state index in [2.05, 4.69) is 23.9 Å². The van der Waals surface area contributed by atoms with Gasteiger partial charge in [-0.3, -0.25) is 0 Å². The monoisotopic (exact) mass is 317 g/mol. The highest BCUT2D eigenvalue weighted by Crippen LogP contribution is 2.44. The molecule has 2 unspecified atom stereocenters. The Bertz CT molecular complexity index is 590. The summed E-state index contributed by atoms with van der Waals surface area (Å²) in [5.41, 5.74) is -1.51. The Morgan fingerprint density at radius 3 is 2.30 bits per heavy atom. The van der Waals surface area contributed by atoms with Gasteiger partial charge in [0.05, 0.1) is 0 Å². The molecule has 1 aromatic carbocycles. The normalized spacial score (nSPS) is 16.1. The van der Waals surface area contributed by atoms with Gasteiger partial charge in [0.1, 0.15) is 24.0 Å². The third-order valence-electron chi connectivity index (χ3n) is 4.09. The molecule has 0 aliphatic rings. The average Bonchev–Trinajstić information content (AvgIpc) is 2.97. The van der Waals surface area contributed by atoms with Gasteiger partial charge in [-0.05, 0) is 29.9 Å². The Kier molecular flexibility index (Phi) is 5.09. The van der Waals surface area contributed by atoms with Gasteiger partial charge in [-0.2, -0.15) is 5.10 Å². The molecule has 23 heavy (non-hydrogen) atoms. The molecule has 0 bridgehead atoms. The molecule has 0 fully saturated rings. The number of ether oxygens (including phenoxy) is 1. The summed E-state index contributed by atoms with van der Waals surface area (Å²) in [5.74, 6) is 1.00. The van der Waals surface area contributed by atoms with Crippen LogP contribution in [-0.4, -0.2) is 25.5 Å². The molecule has 5 heteroatoms. The number of aliphatic hydroxyl groups is 1. The van der Waals surface area contributed by atoms with Crippen molar-refractivity contribution in [1.29, 1.82) is 0 Å². The van der Waals surface area contributed by atoms with E-state index < -0.39 is 17.2 Å². The second-order valence-corrected chi connectivity index (χ2v) is 7.43. The lowest BCUT2D eigenvalue weighted by Gasteiger charge is -2.46. The van der Waals surface area contributed by atoms with Crippen LogP contribution in [-0.2, 0) is 0 Å². The molecule has 0 saturated carbocycles. The number of rotatable bonds is 6. The first-order chi connectivity index (χ1) is 10.7. The summed E-state index contributed by atoms with van der Waals surface area (Å²) in [6, 6.07) is 9.50. The standard InChI is InChI=1S/C18H27N3O2/c1-14(2)11-18(22,17(3,4)5)16(21-13-19-12-20-21)23-15-9-7-6-8-10-15/h6-10,12-14,16,22H,11H2,1-5H3. The molecule has 1 heterocycles. The lowest BCUT2D eigenvalue weighted by molar-refractivity contribution is -0.175. The van der Waals surface area contributed by atoms with Crippen LogP contribution in [0.2, 0.25) is 0 Å². The van der Waals surface area contributed by atoms with Gasteiger partial charge in [-0.15, -0.1) is 0 Å². The lowest BCUT2D eigenvalue weighted by atomic mass is 9.71. The number of hydrogen-bond donors (Lipinski definition) is 1. The molecule has 1 aromatic heterocycles. The van der Waals surface area contributed by atoms with Crippen LogP contribution in [0, 0.1) is 11.3 Å². The fraction of sp³-hybridized carbons (Fsp3) is 0.556. The van der Waals surface area contributed by atoms with E-state index in [1.807, 2.05) is 51.1 Å². The molecule has 0 amide bonds. The van der Waals surface area contributed by atoms with E-state index in [0.29, 0.717) is 18.1 Å². The maximum Gasteiger partial charge on any atom is 0.222 e. The number of nitrogens with zero attached hydrogens (tertiary/aromatic N) is 3. The maximum absolute atomic E-state index is 11.6. The van der Waals surface area contributed by atoms with E-state index in [-0.39, 0.29) is 0 Å². The quantitative estimate of drug-likeness (QED) is 0.883. The molecule has 1 N–H and O–H groups in total. The first-order valence-electron chi connectivity index (χ1n) is 8.02. The van der Waals surface area contributed by atoms with Gasteiger partial charge < -0.3 is 9.84 Å². The fourth-order valence-corrected chi connectivity index (χ4v) is 2.74. The van der Waals surface area contributed by atoms with Crippen LogP contribution in [0.25, 0.3) is 0 Å². The van der Waals surface area contributed by atoms with Gasteiger partial charge in [0.15, 0.2) is 0 Å². The van der Waals surface area contributed by atoms with Crippen molar-refractivity contribution in [2.45, 2.75) is 52.9 Å². The van der Waals surface area contributed by atoms with E-state index in [4.69, 9.17) is 4.74 Å². The highest BCUT2D eigenvalue weighted by molar-refractivity contribution is 5.21. The number of hydrogen-bond acceptors (Lipinski definition) is 4. The van der Waals surface area contributed by atoms with Crippen LogP contribution in [0.5, 0.6) is 5.75 Å². The zero-order valence-corrected chi connectivity index (χ0v) is 14.6. The summed E-state index contributed by atoms with van der Waals surface area (Å²) >= 11 is 0. The number of benzene rings is 1. The smallest absolute Gasteiger partial charge is 0.222 e. The molecule has 0 spiro atoms. The van der Waals surface area contributed by atoms with Crippen LogP contribution in [0.4, 0.5) is 0 Å². The third kappa shape index (κ3) is 3.91. The van der Waals surface area contributed by atoms with Gasteiger partial charge in [0.25, 0.3) is 0 Å². The van der Waals surface area contributed by atoms with Crippen LogP contribution in [0.15, 0.2) is 43.0 Å². The Balaban J connectivity index is 2.45. The molecule has 0 radical (unpaired) electrons. The first-order valence-corrected chi connectivity index (χ1v) is 8.02. The largest absolute Gasteiger partial charge is 0.466 e. The summed E-state index contributed by atoms with van der Waals surface area (Å²) in [4.78, 5) is 4.02. The van der Waals surface area contributed by atoms with Gasteiger partial charge in [-0.25, -0.2) is 9.67 Å². The molecule has 2 rings (SSSR count). The first kappa shape index (κ1) is 17.5. The second-order valence-electron chi connectivity index (χ2n) is 7.43. The van der Waals surface area contributed by atoms with Gasteiger partial charge in [-0.1, -0.05) is 52.8 Å². The van der Waals surface area contributed by atoms with Crippen LogP contribution in [0.3, 0.4) is 0 Å². The summed E-state index contributed by atoms with van der Waals surface area (Å²) in [5, 5.41) is 15.8. The topological polar surface area (TPSA) is 60.2 Å². The SMILES string of the molecule is CC(C)CC(O)(C(Oc1ccccc1)n1cncn1)C(C)(C)C. The minimum Gasteiger partial charge on any atom is -0.466 e. The molecule has 0 aliphatic heterocycles. The molecule has 5 nitrogen and oxygen atoms in total. The van der Waals surface area contributed by atoms with Gasteiger partial charge in [0, 0.05) is 0 Å². The zero-order chi connectivity index (χ0) is 17.1. The Labute approximate surface area is 138 Å². The minimum atomic E-state index is -1.11. The van der Waals surface area contributed by atoms with Crippen molar-refractivity contribution in [2.75, 3.05) is 0 Å². The molecular formula is C18H27N3O2. The van der Waals surface area contributed by atoms with Crippen molar-refractivity contribution in [2.24, 2.45) is 11.3 Å². The van der Waals surface area contributed by atoms with Crippen LogP contribution < -0.4 is 4.74 Å². The predicted molar refractivity (Wildman–Crippen MR) is 90.0 cm³/mol. The molecular weight excluding hydrogens is 290 g/mol. The summed E-state index contributed by atoms with van der Waals surface area (Å²) < 4.78 is 7.76. The van der Waals surface area contributed by atoms with Crippen molar-refractivity contribution in [1.82, 2.24) is 14.8 Å². The van der Waals surface area contributed by atoms with E-state index in [1.54, 1.807) is 11.0 Å². The van der Waals surface area contributed by atoms with Gasteiger partial charge >= 0.3 is 0 Å². The van der Waals surface area contributed by atoms with Crippen molar-refractivity contribution in [3.8, 4) is 5.75 Å². The number of para-hydroxylation sites is 1. The van der Waals surface area contributed by atoms with Crippen LogP contribution >= 0.6 is 0 Å². The molecule has 2 aromatic rings. The van der Waals surface area contributed by atoms with E-state index >= 15 is 0 Å². The van der Waals surface area contributed by atoms with Crippen molar-refractivity contribution < 1.29 is 9.84 Å². The zero-order valence-electron chi connectivity index (χ0n) is 14.6.